The quantitative estimate of drug-likeness (QED) is 0.910. The number of nitriles is 1. The standard InChI is InChI=1S/C12H11BrN2O2/c13-10-1-2-11(9(5-10)6-14)15-12(16)8-3-4-17-7-8/h1-2,5,8H,3-4,7H2,(H,15,16). The second-order valence-corrected chi connectivity index (χ2v) is 4.77. The van der Waals surface area contributed by atoms with Crippen LogP contribution in [-0.4, -0.2) is 19.1 Å². The molecule has 0 aliphatic carbocycles. The Hall–Kier alpha value is -1.38. The van der Waals surface area contributed by atoms with Crippen LogP contribution in [0.15, 0.2) is 22.7 Å². The first kappa shape index (κ1) is 12.1. The molecule has 1 N–H and O–H groups in total. The summed E-state index contributed by atoms with van der Waals surface area (Å²) in [5.41, 5.74) is 0.999. The van der Waals surface area contributed by atoms with Crippen molar-refractivity contribution in [3.8, 4) is 6.07 Å². The second kappa shape index (κ2) is 5.30. The number of amides is 1. The Morgan fingerprint density at radius 2 is 2.41 bits per heavy atom. The van der Waals surface area contributed by atoms with Crippen LogP contribution in [0.1, 0.15) is 12.0 Å². The van der Waals surface area contributed by atoms with E-state index < -0.39 is 0 Å². The molecular formula is C12H11BrN2O2. The Labute approximate surface area is 108 Å². The van der Waals surface area contributed by atoms with Crippen LogP contribution >= 0.6 is 15.9 Å². The number of carbonyl (C=O) groups is 1. The monoisotopic (exact) mass is 294 g/mol. The zero-order chi connectivity index (χ0) is 12.3. The van der Waals surface area contributed by atoms with Crippen LogP contribution in [0.25, 0.3) is 0 Å². The minimum atomic E-state index is -0.106. The lowest BCUT2D eigenvalue weighted by Gasteiger charge is -2.10. The zero-order valence-electron chi connectivity index (χ0n) is 9.07. The maximum absolute atomic E-state index is 11.9. The van der Waals surface area contributed by atoms with Crippen LogP contribution in [0.5, 0.6) is 0 Å². The third kappa shape index (κ3) is 2.84. The van der Waals surface area contributed by atoms with Crippen molar-refractivity contribution in [2.24, 2.45) is 5.92 Å². The highest BCUT2D eigenvalue weighted by molar-refractivity contribution is 9.10. The van der Waals surface area contributed by atoms with E-state index >= 15 is 0 Å². The van der Waals surface area contributed by atoms with Gasteiger partial charge in [0.25, 0.3) is 0 Å². The van der Waals surface area contributed by atoms with E-state index in [0.717, 1.165) is 10.9 Å². The van der Waals surface area contributed by atoms with E-state index in [1.54, 1.807) is 18.2 Å². The van der Waals surface area contributed by atoms with Crippen LogP contribution < -0.4 is 5.32 Å². The van der Waals surface area contributed by atoms with Crippen molar-refractivity contribution in [1.82, 2.24) is 0 Å². The van der Waals surface area contributed by atoms with Crippen LogP contribution in [0.4, 0.5) is 5.69 Å². The molecule has 1 unspecified atom stereocenters. The summed E-state index contributed by atoms with van der Waals surface area (Å²) >= 11 is 3.29. The summed E-state index contributed by atoms with van der Waals surface area (Å²) in [6.45, 7) is 1.09. The Morgan fingerprint density at radius 3 is 3.06 bits per heavy atom. The minimum Gasteiger partial charge on any atom is -0.381 e. The smallest absolute Gasteiger partial charge is 0.229 e. The molecule has 0 radical (unpaired) electrons. The van der Waals surface area contributed by atoms with Crippen molar-refractivity contribution in [2.75, 3.05) is 18.5 Å². The predicted molar refractivity (Wildman–Crippen MR) is 66.4 cm³/mol. The van der Waals surface area contributed by atoms with Gasteiger partial charge in [-0.15, -0.1) is 0 Å². The molecule has 1 aromatic rings. The number of halogens is 1. The summed E-state index contributed by atoms with van der Waals surface area (Å²) in [6.07, 6.45) is 0.740. The van der Waals surface area contributed by atoms with Gasteiger partial charge in [-0.05, 0) is 24.6 Å². The van der Waals surface area contributed by atoms with Gasteiger partial charge >= 0.3 is 0 Å². The predicted octanol–water partition coefficient (Wildman–Crippen LogP) is 2.30. The number of ether oxygens (including phenoxy) is 1. The molecule has 5 heteroatoms. The molecule has 0 spiro atoms. The Balaban J connectivity index is 2.13. The van der Waals surface area contributed by atoms with Crippen molar-refractivity contribution >= 4 is 27.5 Å². The fourth-order valence-electron chi connectivity index (χ4n) is 1.69. The molecule has 88 valence electrons. The van der Waals surface area contributed by atoms with Gasteiger partial charge in [-0.25, -0.2) is 0 Å². The lowest BCUT2D eigenvalue weighted by Crippen LogP contribution is -2.23. The highest BCUT2D eigenvalue weighted by Gasteiger charge is 2.23. The SMILES string of the molecule is N#Cc1cc(Br)ccc1NC(=O)C1CCOC1. The van der Waals surface area contributed by atoms with Crippen LogP contribution in [0, 0.1) is 17.2 Å². The third-order valence-corrected chi connectivity index (χ3v) is 3.15. The lowest BCUT2D eigenvalue weighted by atomic mass is 10.1. The lowest BCUT2D eigenvalue weighted by molar-refractivity contribution is -0.119. The number of rotatable bonds is 2. The first-order chi connectivity index (χ1) is 8.20. The molecule has 1 aliphatic rings. The third-order valence-electron chi connectivity index (χ3n) is 2.66. The molecule has 1 amide bonds. The zero-order valence-corrected chi connectivity index (χ0v) is 10.7. The molecule has 0 saturated carbocycles. The van der Waals surface area contributed by atoms with Gasteiger partial charge in [0.15, 0.2) is 0 Å². The van der Waals surface area contributed by atoms with E-state index in [-0.39, 0.29) is 11.8 Å². The molecule has 17 heavy (non-hydrogen) atoms. The number of carbonyl (C=O) groups excluding carboxylic acids is 1. The van der Waals surface area contributed by atoms with Crippen molar-refractivity contribution in [3.05, 3.63) is 28.2 Å². The van der Waals surface area contributed by atoms with Gasteiger partial charge in [0.2, 0.25) is 5.91 Å². The number of hydrogen-bond donors (Lipinski definition) is 1. The van der Waals surface area contributed by atoms with E-state index in [1.807, 2.05) is 0 Å². The first-order valence-corrected chi connectivity index (χ1v) is 6.08. The number of anilines is 1. The van der Waals surface area contributed by atoms with Gasteiger partial charge in [-0.1, -0.05) is 15.9 Å². The molecule has 1 aromatic carbocycles. The molecule has 1 atom stereocenters. The van der Waals surface area contributed by atoms with E-state index in [4.69, 9.17) is 10.00 Å². The van der Waals surface area contributed by atoms with Gasteiger partial charge < -0.3 is 10.1 Å². The second-order valence-electron chi connectivity index (χ2n) is 3.85. The van der Waals surface area contributed by atoms with Crippen LogP contribution in [0.3, 0.4) is 0 Å². The summed E-state index contributed by atoms with van der Waals surface area (Å²) in [4.78, 5) is 11.9. The molecule has 1 aliphatic heterocycles. The molecule has 0 aromatic heterocycles. The summed E-state index contributed by atoms with van der Waals surface area (Å²) in [5.74, 6) is -0.188. The summed E-state index contributed by atoms with van der Waals surface area (Å²) in [5, 5.41) is 11.7. The average molecular weight is 295 g/mol. The van der Waals surface area contributed by atoms with Gasteiger partial charge in [0.1, 0.15) is 6.07 Å². The van der Waals surface area contributed by atoms with Gasteiger partial charge in [-0.3, -0.25) is 4.79 Å². The maximum atomic E-state index is 11.9. The van der Waals surface area contributed by atoms with Crippen molar-refractivity contribution in [3.63, 3.8) is 0 Å². The largest absolute Gasteiger partial charge is 0.381 e. The average Bonchev–Trinajstić information content (AvgIpc) is 2.85. The first-order valence-electron chi connectivity index (χ1n) is 5.29. The summed E-state index contributed by atoms with van der Waals surface area (Å²) < 4.78 is 5.97. The molecule has 1 fully saturated rings. The topological polar surface area (TPSA) is 62.1 Å². The highest BCUT2D eigenvalue weighted by Crippen LogP contribution is 2.22. The Kier molecular flexibility index (Phi) is 3.77. The highest BCUT2D eigenvalue weighted by atomic mass is 79.9. The molecule has 1 saturated heterocycles. The molecular weight excluding hydrogens is 284 g/mol. The minimum absolute atomic E-state index is 0.0821. The fourth-order valence-corrected chi connectivity index (χ4v) is 2.06. The van der Waals surface area contributed by atoms with E-state index in [9.17, 15) is 4.79 Å². The Bertz CT molecular complexity index is 476. The van der Waals surface area contributed by atoms with Crippen LogP contribution in [0.2, 0.25) is 0 Å². The van der Waals surface area contributed by atoms with Crippen molar-refractivity contribution in [2.45, 2.75) is 6.42 Å². The van der Waals surface area contributed by atoms with Crippen molar-refractivity contribution < 1.29 is 9.53 Å². The molecule has 0 bridgehead atoms. The molecule has 4 nitrogen and oxygen atoms in total. The van der Waals surface area contributed by atoms with E-state index in [0.29, 0.717) is 24.5 Å². The van der Waals surface area contributed by atoms with Gasteiger partial charge in [0.05, 0.1) is 23.8 Å². The fraction of sp³-hybridized carbons (Fsp3) is 0.333. The van der Waals surface area contributed by atoms with Crippen molar-refractivity contribution in [1.29, 1.82) is 5.26 Å². The Morgan fingerprint density at radius 1 is 1.59 bits per heavy atom. The van der Waals surface area contributed by atoms with Gasteiger partial charge in [-0.2, -0.15) is 5.26 Å². The number of benzene rings is 1. The normalized spacial score (nSPS) is 18.7. The summed E-state index contributed by atoms with van der Waals surface area (Å²) in [6, 6.07) is 7.25. The number of nitrogens with one attached hydrogen (secondary N) is 1. The molecule has 2 rings (SSSR count). The van der Waals surface area contributed by atoms with Gasteiger partial charge in [0, 0.05) is 11.1 Å². The number of nitrogens with zero attached hydrogens (tertiary/aromatic N) is 1. The van der Waals surface area contributed by atoms with E-state index in [1.165, 1.54) is 0 Å². The molecule has 1 heterocycles. The maximum Gasteiger partial charge on any atom is 0.229 e. The number of hydrogen-bond acceptors (Lipinski definition) is 3. The van der Waals surface area contributed by atoms with Crippen LogP contribution in [-0.2, 0) is 9.53 Å². The summed E-state index contributed by atoms with van der Waals surface area (Å²) in [7, 11) is 0. The van der Waals surface area contributed by atoms with E-state index in [2.05, 4.69) is 27.3 Å².